The molecule has 3 rings (SSSR count). The Labute approximate surface area is 180 Å². The predicted molar refractivity (Wildman–Crippen MR) is 116 cm³/mol. The summed E-state index contributed by atoms with van der Waals surface area (Å²) in [7, 11) is -3.14. The molecule has 0 bridgehead atoms. The van der Waals surface area contributed by atoms with Gasteiger partial charge in [0.25, 0.3) is 0 Å². The summed E-state index contributed by atoms with van der Waals surface area (Å²) >= 11 is 0. The fraction of sp³-hybridized carbons (Fsp3) is 0.696. The predicted octanol–water partition coefficient (Wildman–Crippen LogP) is 4.39. The number of carbonyl (C=O) groups excluding carboxylic acids is 1. The molecule has 2 aliphatic rings. The minimum absolute atomic E-state index is 0.0775. The first-order valence-electron chi connectivity index (χ1n) is 11.1. The van der Waals surface area contributed by atoms with Gasteiger partial charge in [-0.2, -0.15) is 0 Å². The summed E-state index contributed by atoms with van der Waals surface area (Å²) in [6.07, 6.45) is 7.43. The minimum atomic E-state index is -3.14. The van der Waals surface area contributed by atoms with E-state index in [4.69, 9.17) is 9.47 Å². The zero-order valence-corrected chi connectivity index (χ0v) is 19.2. The van der Waals surface area contributed by atoms with Crippen LogP contribution in [0.4, 0.5) is 4.79 Å². The molecule has 7 heteroatoms. The smallest absolute Gasteiger partial charge is 0.410 e. The lowest BCUT2D eigenvalue weighted by molar-refractivity contribution is -0.00904. The number of hydrogen-bond acceptors (Lipinski definition) is 5. The molecule has 168 valence electrons. The van der Waals surface area contributed by atoms with E-state index in [2.05, 4.69) is 0 Å². The van der Waals surface area contributed by atoms with E-state index < -0.39 is 9.84 Å². The molecule has 30 heavy (non-hydrogen) atoms. The van der Waals surface area contributed by atoms with Crippen molar-refractivity contribution in [2.45, 2.75) is 75.4 Å². The molecule has 0 atom stereocenters. The fourth-order valence-corrected chi connectivity index (χ4v) is 5.01. The Balaban J connectivity index is 1.37. The van der Waals surface area contributed by atoms with Crippen LogP contribution in [0.15, 0.2) is 29.2 Å². The van der Waals surface area contributed by atoms with Crippen molar-refractivity contribution in [3.63, 3.8) is 0 Å². The van der Waals surface area contributed by atoms with E-state index in [1.165, 1.54) is 11.8 Å². The first-order chi connectivity index (χ1) is 14.2. The lowest BCUT2D eigenvalue weighted by Gasteiger charge is -2.34. The molecule has 1 aliphatic carbocycles. The third-order valence-corrected chi connectivity index (χ3v) is 7.36. The van der Waals surface area contributed by atoms with Gasteiger partial charge in [0.15, 0.2) is 9.84 Å². The molecule has 1 aromatic carbocycles. The lowest BCUT2D eigenvalue weighted by atomic mass is 9.82. The van der Waals surface area contributed by atoms with Gasteiger partial charge in [0.2, 0.25) is 0 Å². The number of benzene rings is 1. The van der Waals surface area contributed by atoms with Crippen molar-refractivity contribution in [1.29, 1.82) is 0 Å². The number of rotatable bonds is 6. The van der Waals surface area contributed by atoms with Gasteiger partial charge < -0.3 is 14.4 Å². The van der Waals surface area contributed by atoms with Gasteiger partial charge in [-0.1, -0.05) is 12.1 Å². The Morgan fingerprint density at radius 1 is 1.03 bits per heavy atom. The van der Waals surface area contributed by atoms with E-state index in [1.54, 1.807) is 17.0 Å². The summed E-state index contributed by atoms with van der Waals surface area (Å²) in [6, 6.07) is 7.35. The van der Waals surface area contributed by atoms with Crippen LogP contribution in [-0.2, 0) is 19.3 Å². The number of nitrogens with zero attached hydrogens (tertiary/aromatic N) is 1. The molecule has 1 saturated heterocycles. The van der Waals surface area contributed by atoms with Crippen molar-refractivity contribution in [3.05, 3.63) is 29.8 Å². The Bertz CT molecular complexity index is 789. The molecule has 0 radical (unpaired) electrons. The zero-order chi connectivity index (χ0) is 21.7. The highest BCUT2D eigenvalue weighted by Gasteiger charge is 2.27. The quantitative estimate of drug-likeness (QED) is 0.660. The van der Waals surface area contributed by atoms with Crippen LogP contribution in [0.25, 0.3) is 0 Å². The Morgan fingerprint density at radius 3 is 2.17 bits per heavy atom. The molecule has 0 N–H and O–H groups in total. The second-order valence-electron chi connectivity index (χ2n) is 9.01. The van der Waals surface area contributed by atoms with Crippen molar-refractivity contribution in [2.75, 3.05) is 26.0 Å². The van der Waals surface area contributed by atoms with E-state index in [-0.39, 0.29) is 12.2 Å². The monoisotopic (exact) mass is 437 g/mol. The minimum Gasteiger partial charge on any atom is -0.447 e. The second-order valence-corrected chi connectivity index (χ2v) is 11.0. The molecule has 1 aromatic rings. The largest absolute Gasteiger partial charge is 0.447 e. The van der Waals surface area contributed by atoms with Gasteiger partial charge in [0, 0.05) is 26.0 Å². The molecule has 1 amide bonds. The van der Waals surface area contributed by atoms with Crippen LogP contribution in [0.2, 0.25) is 0 Å². The van der Waals surface area contributed by atoms with Crippen LogP contribution >= 0.6 is 0 Å². The Kier molecular flexibility index (Phi) is 7.80. The highest BCUT2D eigenvalue weighted by molar-refractivity contribution is 7.90. The van der Waals surface area contributed by atoms with E-state index in [0.717, 1.165) is 58.2 Å². The zero-order valence-electron chi connectivity index (χ0n) is 18.4. The number of ether oxygens (including phenoxy) is 2. The number of piperidine rings is 1. The van der Waals surface area contributed by atoms with Gasteiger partial charge in [-0.15, -0.1) is 0 Å². The molecular formula is C23H35NO5S. The molecule has 2 fully saturated rings. The van der Waals surface area contributed by atoms with Crippen LogP contribution in [0.5, 0.6) is 0 Å². The average molecular weight is 438 g/mol. The standard InChI is InChI=1S/C23H35NO5S/c1-17(2)29-23(25)24-14-12-18(13-15-24)16-28-21-8-4-19(5-9-21)20-6-10-22(11-7-20)30(3,26)27/h6-7,10-11,17-19,21H,4-5,8-9,12-16H2,1-3H3/t19-,21-. The highest BCUT2D eigenvalue weighted by atomic mass is 32.2. The summed E-state index contributed by atoms with van der Waals surface area (Å²) < 4.78 is 34.7. The first-order valence-corrected chi connectivity index (χ1v) is 13.0. The van der Waals surface area contributed by atoms with Crippen molar-refractivity contribution >= 4 is 15.9 Å². The van der Waals surface area contributed by atoms with E-state index >= 15 is 0 Å². The third kappa shape index (κ3) is 6.45. The summed E-state index contributed by atoms with van der Waals surface area (Å²) in [5, 5.41) is 0. The summed E-state index contributed by atoms with van der Waals surface area (Å²) in [4.78, 5) is 14.2. The Morgan fingerprint density at radius 2 is 1.63 bits per heavy atom. The van der Waals surface area contributed by atoms with Gasteiger partial charge in [-0.05, 0) is 81.9 Å². The summed E-state index contributed by atoms with van der Waals surface area (Å²) in [5.74, 6) is 0.989. The number of carbonyl (C=O) groups is 1. The van der Waals surface area contributed by atoms with Gasteiger partial charge in [0.1, 0.15) is 0 Å². The van der Waals surface area contributed by atoms with Gasteiger partial charge in [-0.3, -0.25) is 0 Å². The van der Waals surface area contributed by atoms with Crippen molar-refractivity contribution in [3.8, 4) is 0 Å². The molecule has 6 nitrogen and oxygen atoms in total. The van der Waals surface area contributed by atoms with Crippen LogP contribution in [0, 0.1) is 5.92 Å². The molecule has 0 unspecified atom stereocenters. The van der Waals surface area contributed by atoms with Crippen LogP contribution < -0.4 is 0 Å². The molecule has 0 spiro atoms. The number of amides is 1. The molecule has 1 saturated carbocycles. The SMILES string of the molecule is CC(C)OC(=O)N1CCC(CO[C@H]2CC[C@H](c3ccc(S(C)(=O)=O)cc3)CC2)CC1. The molecular weight excluding hydrogens is 402 g/mol. The Hall–Kier alpha value is -1.60. The van der Waals surface area contributed by atoms with E-state index in [0.29, 0.717) is 22.8 Å². The number of sulfone groups is 1. The van der Waals surface area contributed by atoms with Crippen LogP contribution in [-0.4, -0.2) is 57.6 Å². The lowest BCUT2D eigenvalue weighted by Crippen LogP contribution is -2.40. The maximum absolute atomic E-state index is 12.0. The maximum Gasteiger partial charge on any atom is 0.410 e. The summed E-state index contributed by atoms with van der Waals surface area (Å²) in [5.41, 5.74) is 1.22. The molecule has 1 heterocycles. The normalized spacial score (nSPS) is 23.5. The first kappa shape index (κ1) is 23.1. The summed E-state index contributed by atoms with van der Waals surface area (Å²) in [6.45, 7) is 6.01. The van der Waals surface area contributed by atoms with E-state index in [1.807, 2.05) is 26.0 Å². The average Bonchev–Trinajstić information content (AvgIpc) is 2.72. The maximum atomic E-state index is 12.0. The van der Waals surface area contributed by atoms with Crippen LogP contribution in [0.1, 0.15) is 63.9 Å². The number of likely N-dealkylation sites (tertiary alicyclic amines) is 1. The molecule has 1 aliphatic heterocycles. The highest BCUT2D eigenvalue weighted by Crippen LogP contribution is 2.35. The van der Waals surface area contributed by atoms with Crippen LogP contribution in [0.3, 0.4) is 0 Å². The van der Waals surface area contributed by atoms with Crippen molar-refractivity contribution in [1.82, 2.24) is 4.90 Å². The number of hydrogen-bond donors (Lipinski definition) is 0. The van der Waals surface area contributed by atoms with Crippen molar-refractivity contribution < 1.29 is 22.7 Å². The van der Waals surface area contributed by atoms with Crippen molar-refractivity contribution in [2.24, 2.45) is 5.92 Å². The van der Waals surface area contributed by atoms with E-state index in [9.17, 15) is 13.2 Å². The topological polar surface area (TPSA) is 72.9 Å². The van der Waals surface area contributed by atoms with Gasteiger partial charge in [-0.25, -0.2) is 13.2 Å². The van der Waals surface area contributed by atoms with Gasteiger partial charge in [0.05, 0.1) is 17.1 Å². The third-order valence-electron chi connectivity index (χ3n) is 6.23. The molecule has 0 aromatic heterocycles. The fourth-order valence-electron chi connectivity index (χ4n) is 4.38. The second kappa shape index (κ2) is 10.1. The van der Waals surface area contributed by atoms with Gasteiger partial charge >= 0.3 is 6.09 Å².